The number of hydrogen-bond acceptors (Lipinski definition) is 4. The molecular formula is C24H40N2O2. The lowest BCUT2D eigenvalue weighted by molar-refractivity contribution is -0.113. The first-order valence-electron chi connectivity index (χ1n) is 10.5. The Labute approximate surface area is 172 Å². The molecule has 2 N–H and O–H groups in total. The molecule has 1 aromatic carbocycles. The molecular weight excluding hydrogens is 348 g/mol. The summed E-state index contributed by atoms with van der Waals surface area (Å²) in [5.41, 5.74) is 15.7. The molecule has 0 saturated carbocycles. The third-order valence-electron chi connectivity index (χ3n) is 5.97. The van der Waals surface area contributed by atoms with E-state index in [0.29, 0.717) is 0 Å². The zero-order valence-electron chi connectivity index (χ0n) is 19.4. The standard InChI is InChI=1S/C24H40N2O2/c1-10-12-24(28-22(11-2)13-15(3)21(9)27)26-25-14-23-19(7)17(5)16(4)18(6)20(23)8/h13,22,24-26H,10-12,14H2,1-9H3/b15-13+. The molecule has 0 bridgehead atoms. The lowest BCUT2D eigenvalue weighted by Crippen LogP contribution is -2.43. The summed E-state index contributed by atoms with van der Waals surface area (Å²) in [6.45, 7) is 19.4. The summed E-state index contributed by atoms with van der Waals surface area (Å²) in [6.07, 6.45) is 4.53. The Kier molecular flexibility index (Phi) is 10.1. The van der Waals surface area contributed by atoms with Gasteiger partial charge in [0.1, 0.15) is 6.23 Å². The van der Waals surface area contributed by atoms with Gasteiger partial charge in [0, 0.05) is 6.54 Å². The summed E-state index contributed by atoms with van der Waals surface area (Å²) in [5, 5.41) is 0. The molecule has 0 aliphatic carbocycles. The Bertz CT molecular complexity index is 678. The average Bonchev–Trinajstić information content (AvgIpc) is 2.66. The molecule has 2 unspecified atom stereocenters. The zero-order chi connectivity index (χ0) is 21.4. The van der Waals surface area contributed by atoms with Gasteiger partial charge in [0.2, 0.25) is 0 Å². The van der Waals surface area contributed by atoms with Gasteiger partial charge in [0.25, 0.3) is 0 Å². The highest BCUT2D eigenvalue weighted by Gasteiger charge is 2.15. The Hall–Kier alpha value is -1.49. The number of rotatable bonds is 11. The van der Waals surface area contributed by atoms with Crippen molar-refractivity contribution in [2.75, 3.05) is 0 Å². The van der Waals surface area contributed by atoms with E-state index in [1.165, 1.54) is 33.4 Å². The predicted molar refractivity (Wildman–Crippen MR) is 118 cm³/mol. The SMILES string of the molecule is CCCC(NNCc1c(C)c(C)c(C)c(C)c1C)OC(/C=C(\C)C(C)=O)CC. The third-order valence-corrected chi connectivity index (χ3v) is 5.97. The van der Waals surface area contributed by atoms with Crippen molar-refractivity contribution < 1.29 is 9.53 Å². The van der Waals surface area contributed by atoms with Crippen LogP contribution in [0.3, 0.4) is 0 Å². The molecule has 0 saturated heterocycles. The number of hydrazine groups is 1. The van der Waals surface area contributed by atoms with Crippen molar-refractivity contribution in [3.05, 3.63) is 45.0 Å². The number of hydrogen-bond donors (Lipinski definition) is 2. The fraction of sp³-hybridized carbons (Fsp3) is 0.625. The van der Waals surface area contributed by atoms with Crippen LogP contribution in [0.1, 0.15) is 80.3 Å². The van der Waals surface area contributed by atoms with E-state index in [9.17, 15) is 4.79 Å². The van der Waals surface area contributed by atoms with Crippen LogP contribution < -0.4 is 10.9 Å². The highest BCUT2D eigenvalue weighted by atomic mass is 16.5. The maximum Gasteiger partial charge on any atom is 0.155 e. The Morgan fingerprint density at radius 3 is 1.96 bits per heavy atom. The molecule has 4 nitrogen and oxygen atoms in total. The second-order valence-electron chi connectivity index (χ2n) is 7.87. The molecule has 0 heterocycles. The van der Waals surface area contributed by atoms with Crippen molar-refractivity contribution in [2.24, 2.45) is 0 Å². The normalized spacial score (nSPS) is 14.2. The van der Waals surface area contributed by atoms with Crippen molar-refractivity contribution >= 4 is 5.78 Å². The predicted octanol–water partition coefficient (Wildman–Crippen LogP) is 5.28. The molecule has 0 aromatic heterocycles. The summed E-state index contributed by atoms with van der Waals surface area (Å²) in [6, 6.07) is 0. The van der Waals surface area contributed by atoms with Gasteiger partial charge >= 0.3 is 0 Å². The van der Waals surface area contributed by atoms with E-state index in [1.54, 1.807) is 6.92 Å². The summed E-state index contributed by atoms with van der Waals surface area (Å²) < 4.78 is 6.22. The minimum Gasteiger partial charge on any atom is -0.355 e. The van der Waals surface area contributed by atoms with E-state index in [2.05, 4.69) is 59.3 Å². The Morgan fingerprint density at radius 2 is 1.50 bits per heavy atom. The van der Waals surface area contributed by atoms with Gasteiger partial charge in [-0.15, -0.1) is 0 Å². The molecule has 0 aliphatic heterocycles. The first-order chi connectivity index (χ1) is 13.1. The van der Waals surface area contributed by atoms with E-state index in [4.69, 9.17) is 4.74 Å². The topological polar surface area (TPSA) is 50.4 Å². The van der Waals surface area contributed by atoms with Crippen molar-refractivity contribution in [1.29, 1.82) is 0 Å². The van der Waals surface area contributed by atoms with E-state index in [1.807, 2.05) is 13.0 Å². The molecule has 2 atom stereocenters. The molecule has 158 valence electrons. The van der Waals surface area contributed by atoms with E-state index in [-0.39, 0.29) is 18.1 Å². The number of ether oxygens (including phenoxy) is 1. The molecule has 0 radical (unpaired) electrons. The highest BCUT2D eigenvalue weighted by molar-refractivity contribution is 5.92. The molecule has 0 fully saturated rings. The van der Waals surface area contributed by atoms with Crippen LogP contribution in [0.4, 0.5) is 0 Å². The average molecular weight is 389 g/mol. The first kappa shape index (κ1) is 24.5. The van der Waals surface area contributed by atoms with Crippen LogP contribution in [-0.4, -0.2) is 18.1 Å². The number of ketones is 1. The number of nitrogens with one attached hydrogen (secondary N) is 2. The van der Waals surface area contributed by atoms with Crippen LogP contribution in [0, 0.1) is 34.6 Å². The van der Waals surface area contributed by atoms with Gasteiger partial charge in [-0.1, -0.05) is 20.3 Å². The second-order valence-corrected chi connectivity index (χ2v) is 7.87. The second kappa shape index (κ2) is 11.5. The quantitative estimate of drug-likeness (QED) is 0.308. The zero-order valence-corrected chi connectivity index (χ0v) is 19.4. The highest BCUT2D eigenvalue weighted by Crippen LogP contribution is 2.25. The summed E-state index contributed by atoms with van der Waals surface area (Å²) >= 11 is 0. The fourth-order valence-corrected chi connectivity index (χ4v) is 3.39. The first-order valence-corrected chi connectivity index (χ1v) is 10.5. The smallest absolute Gasteiger partial charge is 0.155 e. The molecule has 1 aromatic rings. The van der Waals surface area contributed by atoms with Crippen molar-refractivity contribution in [3.63, 3.8) is 0 Å². The largest absolute Gasteiger partial charge is 0.355 e. The van der Waals surface area contributed by atoms with E-state index in [0.717, 1.165) is 31.4 Å². The fourth-order valence-electron chi connectivity index (χ4n) is 3.39. The lowest BCUT2D eigenvalue weighted by Gasteiger charge is -2.25. The van der Waals surface area contributed by atoms with Crippen LogP contribution in [0.2, 0.25) is 0 Å². The van der Waals surface area contributed by atoms with Gasteiger partial charge in [-0.05, 0) is 106 Å². The van der Waals surface area contributed by atoms with Crippen LogP contribution in [0.5, 0.6) is 0 Å². The summed E-state index contributed by atoms with van der Waals surface area (Å²) in [4.78, 5) is 11.5. The molecule has 4 heteroatoms. The van der Waals surface area contributed by atoms with Crippen molar-refractivity contribution in [1.82, 2.24) is 10.9 Å². The van der Waals surface area contributed by atoms with Crippen LogP contribution >= 0.6 is 0 Å². The van der Waals surface area contributed by atoms with Crippen molar-refractivity contribution in [3.8, 4) is 0 Å². The number of Topliss-reactive ketones (excluding diaryl/α,β-unsaturated/α-hetero) is 1. The molecule has 28 heavy (non-hydrogen) atoms. The minimum absolute atomic E-state index is 0.0675. The number of allylic oxidation sites excluding steroid dienone is 1. The van der Waals surface area contributed by atoms with Gasteiger partial charge in [0.05, 0.1) is 6.10 Å². The Morgan fingerprint density at radius 1 is 0.964 bits per heavy atom. The summed E-state index contributed by atoms with van der Waals surface area (Å²) in [7, 11) is 0. The van der Waals surface area contributed by atoms with Crippen molar-refractivity contribution in [2.45, 2.75) is 100 Å². The maximum absolute atomic E-state index is 11.5. The molecule has 0 aliphatic rings. The van der Waals surface area contributed by atoms with Crippen LogP contribution in [0.25, 0.3) is 0 Å². The molecule has 0 amide bonds. The number of carbonyl (C=O) groups excluding carboxylic acids is 1. The minimum atomic E-state index is -0.0980. The van der Waals surface area contributed by atoms with Gasteiger partial charge in [-0.25, -0.2) is 5.43 Å². The van der Waals surface area contributed by atoms with Crippen LogP contribution in [0.15, 0.2) is 11.6 Å². The molecule has 1 rings (SSSR count). The summed E-state index contributed by atoms with van der Waals surface area (Å²) in [5.74, 6) is 0.0937. The maximum atomic E-state index is 11.5. The Balaban J connectivity index is 2.82. The van der Waals surface area contributed by atoms with Gasteiger partial charge in [0.15, 0.2) is 5.78 Å². The third kappa shape index (κ3) is 6.54. The van der Waals surface area contributed by atoms with Crippen LogP contribution in [-0.2, 0) is 16.1 Å². The molecule has 0 spiro atoms. The van der Waals surface area contributed by atoms with E-state index < -0.39 is 0 Å². The monoisotopic (exact) mass is 388 g/mol. The number of benzene rings is 1. The van der Waals surface area contributed by atoms with Gasteiger partial charge in [-0.3, -0.25) is 10.2 Å². The van der Waals surface area contributed by atoms with Gasteiger partial charge in [-0.2, -0.15) is 0 Å². The van der Waals surface area contributed by atoms with E-state index >= 15 is 0 Å². The van der Waals surface area contributed by atoms with Gasteiger partial charge < -0.3 is 4.74 Å². The lowest BCUT2D eigenvalue weighted by atomic mass is 9.90. The number of carbonyl (C=O) groups is 1.